The lowest BCUT2D eigenvalue weighted by Crippen LogP contribution is -2.39. The van der Waals surface area contributed by atoms with Gasteiger partial charge in [0.15, 0.2) is 0 Å². The zero-order valence-corrected chi connectivity index (χ0v) is 11.6. The first-order valence-corrected chi connectivity index (χ1v) is 6.96. The average molecular weight is 278 g/mol. The summed E-state index contributed by atoms with van der Waals surface area (Å²) in [6, 6.07) is 2.56. The van der Waals surface area contributed by atoms with Gasteiger partial charge in [0.2, 0.25) is 10.0 Å². The molecule has 0 spiro atoms. The molecular weight excluding hydrogens is 262 g/mol. The lowest BCUT2D eigenvalue weighted by atomic mass is 10.3. The minimum Gasteiger partial charge on any atom is -0.308 e. The molecule has 0 fully saturated rings. The maximum absolute atomic E-state index is 12.0. The molecule has 0 aliphatic carbocycles. The SMILES string of the molecule is CC(CN(C)C)NS(=O)(=O)c1ccnc(Cl)c1. The van der Waals surface area contributed by atoms with Crippen molar-refractivity contribution in [3.05, 3.63) is 23.5 Å². The maximum Gasteiger partial charge on any atom is 0.241 e. The Morgan fingerprint density at radius 3 is 2.71 bits per heavy atom. The molecule has 0 saturated carbocycles. The van der Waals surface area contributed by atoms with Gasteiger partial charge in [0.05, 0.1) is 4.90 Å². The van der Waals surface area contributed by atoms with Crippen molar-refractivity contribution in [2.75, 3.05) is 20.6 Å². The predicted molar refractivity (Wildman–Crippen MR) is 67.6 cm³/mol. The molecule has 7 heteroatoms. The summed E-state index contributed by atoms with van der Waals surface area (Å²) in [6.45, 7) is 2.43. The van der Waals surface area contributed by atoms with Crippen molar-refractivity contribution >= 4 is 21.6 Å². The van der Waals surface area contributed by atoms with Gasteiger partial charge in [-0.3, -0.25) is 0 Å². The van der Waals surface area contributed by atoms with Crippen LogP contribution in [0.15, 0.2) is 23.2 Å². The van der Waals surface area contributed by atoms with E-state index in [1.807, 2.05) is 19.0 Å². The molecule has 1 aromatic rings. The fourth-order valence-electron chi connectivity index (χ4n) is 1.47. The second-order valence-electron chi connectivity index (χ2n) is 4.10. The first-order valence-electron chi connectivity index (χ1n) is 5.10. The highest BCUT2D eigenvalue weighted by Gasteiger charge is 2.18. The molecule has 1 aromatic heterocycles. The molecule has 0 aliphatic heterocycles. The van der Waals surface area contributed by atoms with Crippen molar-refractivity contribution in [1.29, 1.82) is 0 Å². The van der Waals surface area contributed by atoms with Crippen molar-refractivity contribution < 1.29 is 8.42 Å². The van der Waals surface area contributed by atoms with Crippen LogP contribution in [0.2, 0.25) is 5.15 Å². The highest BCUT2D eigenvalue weighted by Crippen LogP contribution is 2.12. The lowest BCUT2D eigenvalue weighted by Gasteiger charge is -2.18. The normalized spacial score (nSPS) is 13.9. The Balaban J connectivity index is 2.82. The number of nitrogens with zero attached hydrogens (tertiary/aromatic N) is 2. The van der Waals surface area contributed by atoms with Gasteiger partial charge in [-0.1, -0.05) is 11.6 Å². The molecule has 1 unspecified atom stereocenters. The van der Waals surface area contributed by atoms with Crippen LogP contribution < -0.4 is 4.72 Å². The summed E-state index contributed by atoms with van der Waals surface area (Å²) in [4.78, 5) is 5.78. The number of hydrogen-bond acceptors (Lipinski definition) is 4. The molecule has 0 bridgehead atoms. The zero-order chi connectivity index (χ0) is 13.1. The van der Waals surface area contributed by atoms with Gasteiger partial charge in [-0.25, -0.2) is 18.1 Å². The van der Waals surface area contributed by atoms with Crippen LogP contribution in [-0.2, 0) is 10.0 Å². The van der Waals surface area contributed by atoms with E-state index in [1.165, 1.54) is 18.3 Å². The van der Waals surface area contributed by atoms with Crippen molar-refractivity contribution in [2.45, 2.75) is 17.9 Å². The smallest absolute Gasteiger partial charge is 0.241 e. The molecule has 96 valence electrons. The topological polar surface area (TPSA) is 62.3 Å². The summed E-state index contributed by atoms with van der Waals surface area (Å²) in [6.07, 6.45) is 1.37. The lowest BCUT2D eigenvalue weighted by molar-refractivity contribution is 0.370. The zero-order valence-electron chi connectivity index (χ0n) is 10.0. The van der Waals surface area contributed by atoms with E-state index < -0.39 is 10.0 Å². The fraction of sp³-hybridized carbons (Fsp3) is 0.500. The van der Waals surface area contributed by atoms with E-state index >= 15 is 0 Å². The van der Waals surface area contributed by atoms with Crippen LogP contribution in [0.5, 0.6) is 0 Å². The fourth-order valence-corrected chi connectivity index (χ4v) is 2.96. The van der Waals surface area contributed by atoms with E-state index in [1.54, 1.807) is 6.92 Å². The predicted octanol–water partition coefficient (Wildman–Crippen LogP) is 0.963. The van der Waals surface area contributed by atoms with Gasteiger partial charge in [-0.15, -0.1) is 0 Å². The highest BCUT2D eigenvalue weighted by molar-refractivity contribution is 7.89. The maximum atomic E-state index is 12.0. The van der Waals surface area contributed by atoms with Crippen molar-refractivity contribution in [3.63, 3.8) is 0 Å². The third-order valence-electron chi connectivity index (χ3n) is 2.00. The number of likely N-dealkylation sites (N-methyl/N-ethyl adjacent to an activating group) is 1. The van der Waals surface area contributed by atoms with Gasteiger partial charge in [0.1, 0.15) is 5.15 Å². The van der Waals surface area contributed by atoms with E-state index in [0.717, 1.165) is 0 Å². The summed E-state index contributed by atoms with van der Waals surface area (Å²) < 4.78 is 26.5. The second kappa shape index (κ2) is 5.77. The van der Waals surface area contributed by atoms with Gasteiger partial charge < -0.3 is 4.90 Å². The van der Waals surface area contributed by atoms with Crippen molar-refractivity contribution in [1.82, 2.24) is 14.6 Å². The van der Waals surface area contributed by atoms with Crippen LogP contribution >= 0.6 is 11.6 Å². The highest BCUT2D eigenvalue weighted by atomic mass is 35.5. The molecule has 0 aromatic carbocycles. The molecule has 0 radical (unpaired) electrons. The summed E-state index contributed by atoms with van der Waals surface area (Å²) >= 11 is 5.66. The number of halogens is 1. The first-order chi connectivity index (χ1) is 7.81. The van der Waals surface area contributed by atoms with E-state index in [4.69, 9.17) is 11.6 Å². The Hall–Kier alpha value is -0.690. The summed E-state index contributed by atoms with van der Waals surface area (Å²) in [5.74, 6) is 0. The quantitative estimate of drug-likeness (QED) is 0.815. The van der Waals surface area contributed by atoms with Gasteiger partial charge in [0.25, 0.3) is 0 Å². The largest absolute Gasteiger partial charge is 0.308 e. The number of aromatic nitrogens is 1. The number of sulfonamides is 1. The number of rotatable bonds is 5. The molecule has 0 saturated heterocycles. The van der Waals surface area contributed by atoms with E-state index in [-0.39, 0.29) is 16.1 Å². The van der Waals surface area contributed by atoms with Crippen LogP contribution in [-0.4, -0.2) is 45.0 Å². The third-order valence-corrected chi connectivity index (χ3v) is 3.80. The standard InChI is InChI=1S/C10H16ClN3O2S/c1-8(7-14(2)3)13-17(15,16)9-4-5-12-10(11)6-9/h4-6,8,13H,7H2,1-3H3. The Morgan fingerprint density at radius 1 is 1.53 bits per heavy atom. The van der Waals surface area contributed by atoms with Crippen molar-refractivity contribution in [3.8, 4) is 0 Å². The van der Waals surface area contributed by atoms with Gasteiger partial charge >= 0.3 is 0 Å². The van der Waals surface area contributed by atoms with Crippen LogP contribution in [0.25, 0.3) is 0 Å². The minimum atomic E-state index is -3.53. The number of nitrogens with one attached hydrogen (secondary N) is 1. The van der Waals surface area contributed by atoms with Gasteiger partial charge in [-0.2, -0.15) is 0 Å². The molecule has 1 atom stereocenters. The molecule has 1 N–H and O–H groups in total. The molecular formula is C10H16ClN3O2S. The Labute approximate surface area is 107 Å². The number of hydrogen-bond donors (Lipinski definition) is 1. The minimum absolute atomic E-state index is 0.128. The van der Waals surface area contributed by atoms with E-state index in [0.29, 0.717) is 6.54 Å². The molecule has 5 nitrogen and oxygen atoms in total. The van der Waals surface area contributed by atoms with Crippen LogP contribution in [0.1, 0.15) is 6.92 Å². The second-order valence-corrected chi connectivity index (χ2v) is 6.20. The summed E-state index contributed by atoms with van der Waals surface area (Å²) in [5.41, 5.74) is 0. The molecule has 17 heavy (non-hydrogen) atoms. The number of pyridine rings is 1. The molecule has 0 aliphatic rings. The Kier molecular flexibility index (Phi) is 4.88. The third kappa shape index (κ3) is 4.59. The van der Waals surface area contributed by atoms with Crippen molar-refractivity contribution in [2.24, 2.45) is 0 Å². The van der Waals surface area contributed by atoms with E-state index in [9.17, 15) is 8.42 Å². The monoisotopic (exact) mass is 277 g/mol. The van der Waals surface area contributed by atoms with Crippen LogP contribution in [0.3, 0.4) is 0 Å². The van der Waals surface area contributed by atoms with E-state index in [2.05, 4.69) is 9.71 Å². The average Bonchev–Trinajstić information content (AvgIpc) is 2.15. The Bertz CT molecular complexity index is 476. The van der Waals surface area contributed by atoms with Crippen LogP contribution in [0, 0.1) is 0 Å². The summed E-state index contributed by atoms with van der Waals surface area (Å²) in [5, 5.41) is 0.160. The summed E-state index contributed by atoms with van der Waals surface area (Å²) in [7, 11) is 0.237. The Morgan fingerprint density at radius 2 is 2.18 bits per heavy atom. The van der Waals surface area contributed by atoms with Gasteiger partial charge in [-0.05, 0) is 33.2 Å². The molecule has 1 heterocycles. The van der Waals surface area contributed by atoms with Crippen LogP contribution in [0.4, 0.5) is 0 Å². The van der Waals surface area contributed by atoms with Gasteiger partial charge in [0, 0.05) is 18.8 Å². The first kappa shape index (κ1) is 14.4. The molecule has 0 amide bonds. The molecule has 1 rings (SSSR count).